The number of halogens is 1. The maximum atomic E-state index is 12.1. The molecule has 1 fully saturated rings. The first kappa shape index (κ1) is 11.6. The first-order valence-electron chi connectivity index (χ1n) is 5.57. The van der Waals surface area contributed by atoms with Crippen molar-refractivity contribution in [2.75, 3.05) is 16.8 Å². The molecule has 0 radical (unpaired) electrons. The Labute approximate surface area is 105 Å². The standard InChI is InChI=1S/C13H16BrNO/c1-9-4-3-5-12(6-9)15-8-11(7-14)10(2)13(15)16/h3-6,10-11H,7-8H2,1-2H3. The molecule has 1 saturated heterocycles. The molecule has 1 amide bonds. The molecule has 1 aromatic rings. The Kier molecular flexibility index (Phi) is 3.33. The molecule has 16 heavy (non-hydrogen) atoms. The Bertz CT molecular complexity index is 405. The number of carbonyl (C=O) groups is 1. The highest BCUT2D eigenvalue weighted by atomic mass is 79.9. The Morgan fingerprint density at radius 3 is 2.81 bits per heavy atom. The van der Waals surface area contributed by atoms with E-state index in [0.29, 0.717) is 5.92 Å². The van der Waals surface area contributed by atoms with Gasteiger partial charge < -0.3 is 4.90 Å². The molecule has 2 unspecified atom stereocenters. The van der Waals surface area contributed by atoms with Crippen molar-refractivity contribution in [1.29, 1.82) is 0 Å². The van der Waals surface area contributed by atoms with Crippen molar-refractivity contribution in [1.82, 2.24) is 0 Å². The zero-order valence-corrected chi connectivity index (χ0v) is 11.2. The van der Waals surface area contributed by atoms with Gasteiger partial charge in [-0.25, -0.2) is 0 Å². The number of aryl methyl sites for hydroxylation is 1. The van der Waals surface area contributed by atoms with Crippen molar-refractivity contribution in [3.63, 3.8) is 0 Å². The van der Waals surface area contributed by atoms with Gasteiger partial charge in [-0.1, -0.05) is 35.0 Å². The number of hydrogen-bond acceptors (Lipinski definition) is 1. The van der Waals surface area contributed by atoms with Crippen LogP contribution in [0.2, 0.25) is 0 Å². The second-order valence-electron chi connectivity index (χ2n) is 4.49. The molecule has 2 rings (SSSR count). The van der Waals surface area contributed by atoms with Crippen molar-refractivity contribution < 1.29 is 4.79 Å². The number of hydrogen-bond donors (Lipinski definition) is 0. The van der Waals surface area contributed by atoms with Crippen LogP contribution in [0.5, 0.6) is 0 Å². The van der Waals surface area contributed by atoms with Crippen LogP contribution in [0.4, 0.5) is 5.69 Å². The minimum Gasteiger partial charge on any atom is -0.312 e. The summed E-state index contributed by atoms with van der Waals surface area (Å²) in [5, 5.41) is 0.891. The van der Waals surface area contributed by atoms with Crippen LogP contribution in [0.25, 0.3) is 0 Å². The van der Waals surface area contributed by atoms with Gasteiger partial charge in [0.1, 0.15) is 0 Å². The number of carbonyl (C=O) groups excluding carboxylic acids is 1. The lowest BCUT2D eigenvalue weighted by Crippen LogP contribution is -2.26. The summed E-state index contributed by atoms with van der Waals surface area (Å²) in [6.45, 7) is 4.90. The van der Waals surface area contributed by atoms with Gasteiger partial charge in [-0.3, -0.25) is 4.79 Å². The predicted octanol–water partition coefficient (Wildman–Crippen LogP) is 2.99. The van der Waals surface area contributed by atoms with E-state index in [1.165, 1.54) is 5.56 Å². The molecule has 1 aliphatic rings. The number of benzene rings is 1. The van der Waals surface area contributed by atoms with Crippen molar-refractivity contribution in [3.8, 4) is 0 Å². The summed E-state index contributed by atoms with van der Waals surface area (Å²) in [6, 6.07) is 8.13. The van der Waals surface area contributed by atoms with Gasteiger partial charge >= 0.3 is 0 Å². The summed E-state index contributed by atoms with van der Waals surface area (Å²) in [7, 11) is 0. The molecule has 0 spiro atoms. The highest BCUT2D eigenvalue weighted by Gasteiger charge is 2.37. The lowest BCUT2D eigenvalue weighted by Gasteiger charge is -2.16. The third-order valence-corrected chi connectivity index (χ3v) is 4.12. The largest absolute Gasteiger partial charge is 0.312 e. The van der Waals surface area contributed by atoms with Crippen LogP contribution in [0.3, 0.4) is 0 Å². The summed E-state index contributed by atoms with van der Waals surface area (Å²) in [5.74, 6) is 0.794. The quantitative estimate of drug-likeness (QED) is 0.764. The molecule has 0 aliphatic carbocycles. The Morgan fingerprint density at radius 2 is 2.25 bits per heavy atom. The summed E-state index contributed by atoms with van der Waals surface area (Å²) >= 11 is 3.48. The molecular formula is C13H16BrNO. The summed E-state index contributed by atoms with van der Waals surface area (Å²) in [6.07, 6.45) is 0. The van der Waals surface area contributed by atoms with E-state index in [9.17, 15) is 4.79 Å². The minimum absolute atomic E-state index is 0.125. The van der Waals surface area contributed by atoms with E-state index in [2.05, 4.69) is 35.0 Å². The Balaban J connectivity index is 2.26. The normalized spacial score (nSPS) is 25.2. The third kappa shape index (κ3) is 2.01. The highest BCUT2D eigenvalue weighted by molar-refractivity contribution is 9.09. The van der Waals surface area contributed by atoms with Gasteiger partial charge in [0.25, 0.3) is 0 Å². The molecule has 1 heterocycles. The van der Waals surface area contributed by atoms with E-state index in [4.69, 9.17) is 0 Å². The minimum atomic E-state index is 0.125. The molecule has 0 bridgehead atoms. The SMILES string of the molecule is Cc1cccc(N2CC(CBr)C(C)C2=O)c1. The average Bonchev–Trinajstić information content (AvgIpc) is 2.56. The number of alkyl halides is 1. The van der Waals surface area contributed by atoms with Crippen molar-refractivity contribution in [2.24, 2.45) is 11.8 Å². The first-order chi connectivity index (χ1) is 7.63. The van der Waals surface area contributed by atoms with Crippen molar-refractivity contribution >= 4 is 27.5 Å². The monoisotopic (exact) mass is 281 g/mol. The fourth-order valence-corrected chi connectivity index (χ4v) is 2.91. The molecule has 2 nitrogen and oxygen atoms in total. The van der Waals surface area contributed by atoms with E-state index in [1.807, 2.05) is 24.0 Å². The van der Waals surface area contributed by atoms with Crippen LogP contribution in [-0.4, -0.2) is 17.8 Å². The number of nitrogens with zero attached hydrogens (tertiary/aromatic N) is 1. The molecule has 0 saturated carbocycles. The number of anilines is 1. The zero-order valence-electron chi connectivity index (χ0n) is 9.61. The van der Waals surface area contributed by atoms with E-state index >= 15 is 0 Å². The summed E-state index contributed by atoms with van der Waals surface area (Å²) in [5.41, 5.74) is 2.22. The molecule has 0 N–H and O–H groups in total. The van der Waals surface area contributed by atoms with Gasteiger partial charge in [0, 0.05) is 23.5 Å². The van der Waals surface area contributed by atoms with E-state index < -0.39 is 0 Å². The lowest BCUT2D eigenvalue weighted by molar-refractivity contribution is -0.120. The van der Waals surface area contributed by atoms with Gasteiger partial charge in [0.2, 0.25) is 5.91 Å². The van der Waals surface area contributed by atoms with Gasteiger partial charge in [-0.2, -0.15) is 0 Å². The lowest BCUT2D eigenvalue weighted by atomic mass is 10.0. The Hall–Kier alpha value is -0.830. The van der Waals surface area contributed by atoms with Crippen LogP contribution in [0.1, 0.15) is 12.5 Å². The topological polar surface area (TPSA) is 20.3 Å². The fraction of sp³-hybridized carbons (Fsp3) is 0.462. The summed E-state index contributed by atoms with van der Waals surface area (Å²) < 4.78 is 0. The highest BCUT2D eigenvalue weighted by Crippen LogP contribution is 2.30. The molecule has 1 aromatic carbocycles. The average molecular weight is 282 g/mol. The van der Waals surface area contributed by atoms with Gasteiger partial charge in [-0.15, -0.1) is 0 Å². The maximum absolute atomic E-state index is 12.1. The molecule has 0 aromatic heterocycles. The zero-order chi connectivity index (χ0) is 11.7. The van der Waals surface area contributed by atoms with E-state index in [-0.39, 0.29) is 11.8 Å². The first-order valence-corrected chi connectivity index (χ1v) is 6.69. The van der Waals surface area contributed by atoms with Gasteiger partial charge in [-0.05, 0) is 30.5 Å². The van der Waals surface area contributed by atoms with Crippen molar-refractivity contribution in [3.05, 3.63) is 29.8 Å². The second kappa shape index (κ2) is 4.58. The number of rotatable bonds is 2. The third-order valence-electron chi connectivity index (χ3n) is 3.29. The van der Waals surface area contributed by atoms with E-state index in [1.54, 1.807) is 0 Å². The molecule has 2 atom stereocenters. The van der Waals surface area contributed by atoms with Gasteiger partial charge in [0.15, 0.2) is 0 Å². The molecule has 86 valence electrons. The molecule has 1 aliphatic heterocycles. The van der Waals surface area contributed by atoms with Crippen LogP contribution in [-0.2, 0) is 4.79 Å². The fourth-order valence-electron chi connectivity index (χ4n) is 2.14. The smallest absolute Gasteiger partial charge is 0.230 e. The molecular weight excluding hydrogens is 266 g/mol. The van der Waals surface area contributed by atoms with Crippen LogP contribution in [0, 0.1) is 18.8 Å². The second-order valence-corrected chi connectivity index (χ2v) is 5.14. The molecule has 3 heteroatoms. The number of amides is 1. The Morgan fingerprint density at radius 1 is 1.50 bits per heavy atom. The summed E-state index contributed by atoms with van der Waals surface area (Å²) in [4.78, 5) is 14.0. The van der Waals surface area contributed by atoms with E-state index in [0.717, 1.165) is 17.6 Å². The van der Waals surface area contributed by atoms with Gasteiger partial charge in [0.05, 0.1) is 0 Å². The van der Waals surface area contributed by atoms with Crippen LogP contribution >= 0.6 is 15.9 Å². The van der Waals surface area contributed by atoms with Crippen LogP contribution < -0.4 is 4.90 Å². The van der Waals surface area contributed by atoms with Crippen LogP contribution in [0.15, 0.2) is 24.3 Å². The maximum Gasteiger partial charge on any atom is 0.230 e. The van der Waals surface area contributed by atoms with Crippen molar-refractivity contribution in [2.45, 2.75) is 13.8 Å². The predicted molar refractivity (Wildman–Crippen MR) is 70.0 cm³/mol.